The molecule has 0 radical (unpaired) electrons. The largest absolute Gasteiger partial charge is 0.357 e. The van der Waals surface area contributed by atoms with Gasteiger partial charge in [-0.3, -0.25) is 4.79 Å². The average molecular weight is 318 g/mol. The van der Waals surface area contributed by atoms with E-state index in [2.05, 4.69) is 34.8 Å². The fraction of sp³-hybridized carbons (Fsp3) is 0.556. The Kier molecular flexibility index (Phi) is 9.52. The lowest BCUT2D eigenvalue weighted by atomic mass is 10.1. The molecule has 0 heterocycles. The maximum absolute atomic E-state index is 11.5. The molecule has 0 aromatic heterocycles. The maximum Gasteiger partial charge on any atom is 0.251 e. The van der Waals surface area contributed by atoms with E-state index < -0.39 is 0 Å². The predicted octanol–water partition coefficient (Wildman–Crippen LogP) is 2.68. The van der Waals surface area contributed by atoms with Gasteiger partial charge in [-0.1, -0.05) is 38.3 Å². The summed E-state index contributed by atoms with van der Waals surface area (Å²) in [6.07, 6.45) is 4.95. The van der Waals surface area contributed by atoms with Crippen LogP contribution in [0.2, 0.25) is 0 Å². The third kappa shape index (κ3) is 7.68. The molecule has 1 amide bonds. The van der Waals surface area contributed by atoms with E-state index in [-0.39, 0.29) is 5.91 Å². The Morgan fingerprint density at radius 3 is 2.39 bits per heavy atom. The van der Waals surface area contributed by atoms with Gasteiger partial charge in [0, 0.05) is 25.7 Å². The second-order valence-electron chi connectivity index (χ2n) is 5.46. The first kappa shape index (κ1) is 19.0. The summed E-state index contributed by atoms with van der Waals surface area (Å²) in [7, 11) is 1.63. The Labute approximate surface area is 140 Å². The van der Waals surface area contributed by atoms with Crippen LogP contribution in [0.3, 0.4) is 0 Å². The number of unbranched alkanes of at least 4 members (excludes halogenated alkanes) is 3. The molecule has 0 spiro atoms. The topological polar surface area (TPSA) is 65.5 Å². The summed E-state index contributed by atoms with van der Waals surface area (Å²) in [5.41, 5.74) is 1.75. The molecule has 1 rings (SSSR count). The van der Waals surface area contributed by atoms with Crippen molar-refractivity contribution in [3.8, 4) is 0 Å². The summed E-state index contributed by atoms with van der Waals surface area (Å²) < 4.78 is 0. The summed E-state index contributed by atoms with van der Waals surface area (Å²) in [6.45, 7) is 6.66. The van der Waals surface area contributed by atoms with E-state index in [4.69, 9.17) is 0 Å². The lowest BCUT2D eigenvalue weighted by Gasteiger charge is -2.11. The Morgan fingerprint density at radius 1 is 1.04 bits per heavy atom. The molecule has 0 saturated heterocycles. The molecule has 128 valence electrons. The van der Waals surface area contributed by atoms with Crippen molar-refractivity contribution in [3.05, 3.63) is 35.4 Å². The SMILES string of the molecule is CCCCCCNC(=NCc1ccc(C(=O)NC)cc1)NCC. The molecule has 0 bridgehead atoms. The van der Waals surface area contributed by atoms with Crippen LogP contribution in [0.4, 0.5) is 0 Å². The fourth-order valence-corrected chi connectivity index (χ4v) is 2.18. The minimum Gasteiger partial charge on any atom is -0.357 e. The van der Waals surface area contributed by atoms with Gasteiger partial charge in [0.1, 0.15) is 0 Å². The molecule has 23 heavy (non-hydrogen) atoms. The lowest BCUT2D eigenvalue weighted by Crippen LogP contribution is -2.37. The summed E-state index contributed by atoms with van der Waals surface area (Å²) in [4.78, 5) is 16.1. The molecule has 0 fully saturated rings. The Balaban J connectivity index is 2.50. The van der Waals surface area contributed by atoms with Gasteiger partial charge in [0.15, 0.2) is 5.96 Å². The molecule has 5 nitrogen and oxygen atoms in total. The van der Waals surface area contributed by atoms with Gasteiger partial charge in [0.05, 0.1) is 6.54 Å². The molecule has 0 atom stereocenters. The van der Waals surface area contributed by atoms with Crippen molar-refractivity contribution < 1.29 is 4.79 Å². The van der Waals surface area contributed by atoms with Crippen LogP contribution in [-0.2, 0) is 6.54 Å². The second kappa shape index (κ2) is 11.5. The number of benzene rings is 1. The van der Waals surface area contributed by atoms with Crippen molar-refractivity contribution in [1.29, 1.82) is 0 Å². The number of guanidine groups is 1. The van der Waals surface area contributed by atoms with Crippen LogP contribution < -0.4 is 16.0 Å². The zero-order valence-corrected chi connectivity index (χ0v) is 14.6. The first-order valence-electron chi connectivity index (χ1n) is 8.54. The van der Waals surface area contributed by atoms with Crippen molar-refractivity contribution in [2.75, 3.05) is 20.1 Å². The van der Waals surface area contributed by atoms with Crippen molar-refractivity contribution in [2.24, 2.45) is 4.99 Å². The van der Waals surface area contributed by atoms with Crippen molar-refractivity contribution in [2.45, 2.75) is 46.1 Å². The first-order valence-corrected chi connectivity index (χ1v) is 8.54. The Morgan fingerprint density at radius 2 is 1.78 bits per heavy atom. The number of rotatable bonds is 9. The highest BCUT2D eigenvalue weighted by Crippen LogP contribution is 2.05. The molecule has 0 aliphatic carbocycles. The molecule has 1 aromatic rings. The van der Waals surface area contributed by atoms with Gasteiger partial charge in [-0.05, 0) is 31.0 Å². The number of amides is 1. The lowest BCUT2D eigenvalue weighted by molar-refractivity contribution is 0.0963. The Bertz CT molecular complexity index is 482. The number of carbonyl (C=O) groups excluding carboxylic acids is 1. The fourth-order valence-electron chi connectivity index (χ4n) is 2.18. The minimum atomic E-state index is -0.0675. The van der Waals surface area contributed by atoms with E-state index in [1.54, 1.807) is 7.05 Å². The van der Waals surface area contributed by atoms with Crippen molar-refractivity contribution >= 4 is 11.9 Å². The molecule has 0 saturated carbocycles. The standard InChI is InChI=1S/C18H30N4O/c1-4-6-7-8-13-21-18(20-5-2)22-14-15-9-11-16(12-10-15)17(23)19-3/h9-12H,4-8,13-14H2,1-3H3,(H,19,23)(H2,20,21,22). The van der Waals surface area contributed by atoms with Gasteiger partial charge in [-0.2, -0.15) is 0 Å². The zero-order chi connectivity index (χ0) is 16.9. The van der Waals surface area contributed by atoms with Crippen LogP contribution >= 0.6 is 0 Å². The molecule has 0 unspecified atom stereocenters. The van der Waals surface area contributed by atoms with Crippen LogP contribution in [0.5, 0.6) is 0 Å². The molecule has 3 N–H and O–H groups in total. The van der Waals surface area contributed by atoms with Crippen molar-refractivity contribution in [3.63, 3.8) is 0 Å². The molecule has 5 heteroatoms. The molecular formula is C18H30N4O. The Hall–Kier alpha value is -2.04. The smallest absolute Gasteiger partial charge is 0.251 e. The molecule has 0 aliphatic heterocycles. The summed E-state index contributed by atoms with van der Waals surface area (Å²) in [6, 6.07) is 7.54. The van der Waals surface area contributed by atoms with Crippen LogP contribution in [-0.4, -0.2) is 32.0 Å². The van der Waals surface area contributed by atoms with Gasteiger partial charge in [-0.15, -0.1) is 0 Å². The highest BCUT2D eigenvalue weighted by Gasteiger charge is 2.02. The van der Waals surface area contributed by atoms with Crippen LogP contribution in [0, 0.1) is 0 Å². The van der Waals surface area contributed by atoms with Gasteiger partial charge >= 0.3 is 0 Å². The normalized spacial score (nSPS) is 11.2. The van der Waals surface area contributed by atoms with Crippen LogP contribution in [0.1, 0.15) is 55.5 Å². The number of carbonyl (C=O) groups is 1. The molecular weight excluding hydrogens is 288 g/mol. The van der Waals surface area contributed by atoms with E-state index in [0.29, 0.717) is 12.1 Å². The number of hydrogen-bond donors (Lipinski definition) is 3. The van der Waals surface area contributed by atoms with Gasteiger partial charge in [-0.25, -0.2) is 4.99 Å². The summed E-state index contributed by atoms with van der Waals surface area (Å²) in [5, 5.41) is 9.24. The highest BCUT2D eigenvalue weighted by atomic mass is 16.1. The average Bonchev–Trinajstić information content (AvgIpc) is 2.59. The second-order valence-corrected chi connectivity index (χ2v) is 5.46. The van der Waals surface area contributed by atoms with E-state index in [1.807, 2.05) is 24.3 Å². The number of nitrogens with one attached hydrogen (secondary N) is 3. The number of hydrogen-bond acceptors (Lipinski definition) is 2. The summed E-state index contributed by atoms with van der Waals surface area (Å²) in [5.74, 6) is 0.779. The van der Waals surface area contributed by atoms with Crippen LogP contribution in [0.15, 0.2) is 29.3 Å². The molecule has 1 aromatic carbocycles. The monoisotopic (exact) mass is 318 g/mol. The quantitative estimate of drug-likeness (QED) is 0.372. The van der Waals surface area contributed by atoms with E-state index in [0.717, 1.165) is 24.6 Å². The number of aliphatic imine (C=N–C) groups is 1. The molecule has 0 aliphatic rings. The summed E-state index contributed by atoms with van der Waals surface area (Å²) >= 11 is 0. The van der Waals surface area contributed by atoms with Crippen molar-refractivity contribution in [1.82, 2.24) is 16.0 Å². The van der Waals surface area contributed by atoms with E-state index in [1.165, 1.54) is 25.7 Å². The predicted molar refractivity (Wildman–Crippen MR) is 96.8 cm³/mol. The zero-order valence-electron chi connectivity index (χ0n) is 14.6. The van der Waals surface area contributed by atoms with E-state index in [9.17, 15) is 4.79 Å². The third-order valence-electron chi connectivity index (χ3n) is 3.53. The highest BCUT2D eigenvalue weighted by molar-refractivity contribution is 5.93. The van der Waals surface area contributed by atoms with E-state index >= 15 is 0 Å². The van der Waals surface area contributed by atoms with Crippen LogP contribution in [0.25, 0.3) is 0 Å². The van der Waals surface area contributed by atoms with Gasteiger partial charge < -0.3 is 16.0 Å². The van der Waals surface area contributed by atoms with Gasteiger partial charge in [0.2, 0.25) is 0 Å². The van der Waals surface area contributed by atoms with Gasteiger partial charge in [0.25, 0.3) is 5.91 Å². The number of nitrogens with zero attached hydrogens (tertiary/aromatic N) is 1. The first-order chi connectivity index (χ1) is 11.2. The maximum atomic E-state index is 11.5. The third-order valence-corrected chi connectivity index (χ3v) is 3.53. The minimum absolute atomic E-state index is 0.0675.